The molecule has 7 nitrogen and oxygen atoms in total. The van der Waals surface area contributed by atoms with E-state index in [-0.39, 0.29) is 22.8 Å². The average molecular weight is 449 g/mol. The highest BCUT2D eigenvalue weighted by Crippen LogP contribution is 2.44. The minimum Gasteiger partial charge on any atom is -0.356 e. The highest BCUT2D eigenvalue weighted by molar-refractivity contribution is 7.86. The third-order valence-corrected chi connectivity index (χ3v) is 8.27. The molecule has 2 aliphatic heterocycles. The van der Waals surface area contributed by atoms with Crippen LogP contribution in [0.2, 0.25) is 0 Å². The zero-order chi connectivity index (χ0) is 22.0. The van der Waals surface area contributed by atoms with E-state index in [1.54, 1.807) is 30.5 Å². The topological polar surface area (TPSA) is 77.3 Å². The minimum absolute atomic E-state index is 0.183. The number of nitrogens with zero attached hydrogens (tertiary/aromatic N) is 4. The van der Waals surface area contributed by atoms with E-state index < -0.39 is 10.1 Å². The molecule has 7 rings (SSSR count). The molecule has 0 amide bonds. The maximum absolute atomic E-state index is 12.7. The molecule has 3 fully saturated rings. The lowest BCUT2D eigenvalue weighted by atomic mass is 9.68. The molecule has 32 heavy (non-hydrogen) atoms. The predicted octanol–water partition coefficient (Wildman–Crippen LogP) is 3.66. The van der Waals surface area contributed by atoms with Gasteiger partial charge in [0.2, 0.25) is 0 Å². The van der Waals surface area contributed by atoms with Gasteiger partial charge in [0.05, 0.1) is 16.5 Å². The summed E-state index contributed by atoms with van der Waals surface area (Å²) in [5.41, 5.74) is 3.06. The van der Waals surface area contributed by atoms with Gasteiger partial charge in [-0.1, -0.05) is 17.7 Å². The molecular weight excluding hydrogens is 424 g/mol. The molecule has 0 spiro atoms. The van der Waals surface area contributed by atoms with Gasteiger partial charge in [-0.05, 0) is 43.7 Å². The number of aromatic nitrogens is 3. The van der Waals surface area contributed by atoms with Crippen molar-refractivity contribution < 1.29 is 12.6 Å². The van der Waals surface area contributed by atoms with Crippen molar-refractivity contribution in [3.63, 3.8) is 0 Å². The fraction of sp³-hybridized carbons (Fsp3) is 0.333. The first-order valence-electron chi connectivity index (χ1n) is 10.8. The van der Waals surface area contributed by atoms with E-state index in [1.807, 2.05) is 26.2 Å². The Hall–Kier alpha value is -2.97. The van der Waals surface area contributed by atoms with Gasteiger partial charge in [0.25, 0.3) is 10.1 Å². The predicted molar refractivity (Wildman–Crippen MR) is 123 cm³/mol. The maximum Gasteiger partial charge on any atom is 0.297 e. The van der Waals surface area contributed by atoms with Crippen LogP contribution in [0.3, 0.4) is 0 Å². The molecule has 4 aromatic rings. The maximum atomic E-state index is 12.7. The number of piperidine rings is 2. The molecule has 0 N–H and O–H groups in total. The van der Waals surface area contributed by atoms with Crippen LogP contribution < -0.4 is 4.90 Å². The second kappa shape index (κ2) is 7.02. The van der Waals surface area contributed by atoms with Crippen LogP contribution in [0.1, 0.15) is 12.0 Å². The second-order valence-electron chi connectivity index (χ2n) is 8.98. The van der Waals surface area contributed by atoms with Crippen molar-refractivity contribution in [3.05, 3.63) is 60.4 Å². The molecule has 2 saturated heterocycles. The number of rotatable bonds is 4. The summed E-state index contributed by atoms with van der Waals surface area (Å²) in [7, 11) is -1.73. The largest absolute Gasteiger partial charge is 0.356 e. The molecule has 5 heterocycles. The highest BCUT2D eigenvalue weighted by Gasteiger charge is 2.50. The summed E-state index contributed by atoms with van der Waals surface area (Å²) < 4.78 is 33.3. The van der Waals surface area contributed by atoms with Crippen molar-refractivity contribution in [2.24, 2.45) is 18.9 Å². The lowest BCUT2D eigenvalue weighted by Crippen LogP contribution is -2.60. The van der Waals surface area contributed by atoms with E-state index in [4.69, 9.17) is 9.17 Å². The quantitative estimate of drug-likeness (QED) is 0.444. The van der Waals surface area contributed by atoms with E-state index in [0.29, 0.717) is 0 Å². The highest BCUT2D eigenvalue weighted by atomic mass is 32.2. The Bertz CT molecular complexity index is 1430. The van der Waals surface area contributed by atoms with Crippen molar-refractivity contribution in [1.82, 2.24) is 14.5 Å². The van der Waals surface area contributed by atoms with Gasteiger partial charge >= 0.3 is 0 Å². The molecule has 1 aromatic carbocycles. The Kier molecular flexibility index (Phi) is 4.32. The first-order chi connectivity index (χ1) is 15.4. The molecule has 2 unspecified atom stereocenters. The number of pyridine rings is 2. The van der Waals surface area contributed by atoms with Gasteiger partial charge in [0.15, 0.2) is 0 Å². The number of hydrogen-bond donors (Lipinski definition) is 0. The molecule has 0 radical (unpaired) electrons. The number of benzene rings is 1. The average Bonchev–Trinajstić information content (AvgIpc) is 3.10. The molecule has 3 aliphatic rings. The van der Waals surface area contributed by atoms with Gasteiger partial charge in [0.1, 0.15) is 11.5 Å². The lowest BCUT2D eigenvalue weighted by Gasteiger charge is -2.52. The molecule has 3 aromatic heterocycles. The third-order valence-electron chi connectivity index (χ3n) is 6.94. The van der Waals surface area contributed by atoms with Gasteiger partial charge in [-0.2, -0.15) is 8.42 Å². The SMILES string of the molecule is Cc1ccc(S(=O)(=O)OC2C3CC2CN(c2ccc4c5cnccc5n(C)c4n2)C3)cc1. The molecule has 1 saturated carbocycles. The fourth-order valence-corrected chi connectivity index (χ4v) is 6.36. The Morgan fingerprint density at radius 2 is 1.75 bits per heavy atom. The summed E-state index contributed by atoms with van der Waals surface area (Å²) in [6.45, 7) is 3.42. The molecule has 2 bridgehead atoms. The Morgan fingerprint density at radius 1 is 1.00 bits per heavy atom. The van der Waals surface area contributed by atoms with E-state index in [0.717, 1.165) is 52.8 Å². The van der Waals surface area contributed by atoms with Crippen LogP contribution in [0, 0.1) is 18.8 Å². The third kappa shape index (κ3) is 3.01. The van der Waals surface area contributed by atoms with E-state index in [2.05, 4.69) is 26.6 Å². The summed E-state index contributed by atoms with van der Waals surface area (Å²) in [5, 5.41) is 2.19. The Morgan fingerprint density at radius 3 is 2.50 bits per heavy atom. The summed E-state index contributed by atoms with van der Waals surface area (Å²) >= 11 is 0. The zero-order valence-corrected chi connectivity index (χ0v) is 18.8. The van der Waals surface area contributed by atoms with Gasteiger partial charge in [-0.25, -0.2) is 4.98 Å². The summed E-state index contributed by atoms with van der Waals surface area (Å²) in [6, 6.07) is 13.0. The molecule has 8 heteroatoms. The lowest BCUT2D eigenvalue weighted by molar-refractivity contribution is -0.0298. The molecule has 164 valence electrons. The first kappa shape index (κ1) is 19.7. The van der Waals surface area contributed by atoms with E-state index in [1.165, 1.54) is 0 Å². The molecule has 1 aliphatic carbocycles. The normalized spacial score (nSPS) is 22.9. The number of hydrogen-bond acceptors (Lipinski definition) is 6. The van der Waals surface area contributed by atoms with Crippen LogP contribution in [-0.4, -0.2) is 42.1 Å². The van der Waals surface area contributed by atoms with Gasteiger partial charge in [0, 0.05) is 55.1 Å². The fourth-order valence-electron chi connectivity index (χ4n) is 5.18. The van der Waals surface area contributed by atoms with Crippen LogP contribution in [0.15, 0.2) is 59.8 Å². The monoisotopic (exact) mass is 448 g/mol. The number of anilines is 1. The van der Waals surface area contributed by atoms with Crippen LogP contribution in [-0.2, 0) is 21.3 Å². The van der Waals surface area contributed by atoms with Crippen molar-refractivity contribution in [2.45, 2.75) is 24.3 Å². The van der Waals surface area contributed by atoms with E-state index >= 15 is 0 Å². The van der Waals surface area contributed by atoms with Crippen molar-refractivity contribution in [3.8, 4) is 0 Å². The van der Waals surface area contributed by atoms with Crippen LogP contribution in [0.25, 0.3) is 21.9 Å². The molecular formula is C24H24N4O3S. The van der Waals surface area contributed by atoms with Crippen molar-refractivity contribution in [1.29, 1.82) is 0 Å². The standard InChI is InChI=1S/C24H24N4O3S/c1-15-3-5-18(6-4-15)32(29,30)31-23-16-11-17(23)14-28(13-16)22-8-7-19-20-12-25-10-9-21(20)27(2)24(19)26-22/h3-10,12,16-17,23H,11,13-14H2,1-2H3. The summed E-state index contributed by atoms with van der Waals surface area (Å²) in [6.07, 6.45) is 4.41. The van der Waals surface area contributed by atoms with Crippen molar-refractivity contribution in [2.75, 3.05) is 18.0 Å². The van der Waals surface area contributed by atoms with Gasteiger partial charge in [-0.15, -0.1) is 0 Å². The second-order valence-corrected chi connectivity index (χ2v) is 10.6. The van der Waals surface area contributed by atoms with Gasteiger partial charge < -0.3 is 9.47 Å². The smallest absolute Gasteiger partial charge is 0.297 e. The summed E-state index contributed by atoms with van der Waals surface area (Å²) in [5.74, 6) is 1.29. The van der Waals surface area contributed by atoms with Crippen LogP contribution in [0.5, 0.6) is 0 Å². The number of aryl methyl sites for hydroxylation is 2. The zero-order valence-electron chi connectivity index (χ0n) is 18.0. The minimum atomic E-state index is -3.75. The van der Waals surface area contributed by atoms with Crippen molar-refractivity contribution >= 4 is 37.9 Å². The summed E-state index contributed by atoms with van der Waals surface area (Å²) in [4.78, 5) is 11.7. The van der Waals surface area contributed by atoms with Crippen LogP contribution >= 0.6 is 0 Å². The molecule has 2 atom stereocenters. The van der Waals surface area contributed by atoms with Crippen LogP contribution in [0.4, 0.5) is 5.82 Å². The van der Waals surface area contributed by atoms with Gasteiger partial charge in [-0.3, -0.25) is 9.17 Å². The first-order valence-corrected chi connectivity index (χ1v) is 12.3. The number of fused-ring (bicyclic) bond motifs is 5. The van der Waals surface area contributed by atoms with E-state index in [9.17, 15) is 8.42 Å². The Labute approximate surface area is 186 Å². The Balaban J connectivity index is 1.23.